The van der Waals surface area contributed by atoms with Crippen LogP contribution in [0.2, 0.25) is 0 Å². The van der Waals surface area contributed by atoms with Gasteiger partial charge in [0.05, 0.1) is 12.6 Å². The Hall–Kier alpha value is -0.650. The lowest BCUT2D eigenvalue weighted by molar-refractivity contribution is 0.268. The molecule has 1 rings (SSSR count). The van der Waals surface area contributed by atoms with Crippen molar-refractivity contribution in [2.45, 2.75) is 6.04 Å². The van der Waals surface area contributed by atoms with Gasteiger partial charge >= 0.3 is 0 Å². The van der Waals surface area contributed by atoms with Crippen LogP contribution in [0.25, 0.3) is 0 Å². The molecule has 0 bridgehead atoms. The lowest BCUT2D eigenvalue weighted by atomic mass is 10.1. The summed E-state index contributed by atoms with van der Waals surface area (Å²) in [4.78, 5) is 3.89. The Bertz CT molecular complexity index is 279. The second-order valence-electron chi connectivity index (χ2n) is 2.42. The Morgan fingerprint density at radius 3 is 2.92 bits per heavy atom. The Morgan fingerprint density at radius 2 is 2.33 bits per heavy atom. The lowest BCUT2D eigenvalue weighted by Crippen LogP contribution is -2.16. The summed E-state index contributed by atoms with van der Waals surface area (Å²) in [5.41, 5.74) is 11.8. The number of nitrogens with zero attached hydrogens (tertiary/aromatic N) is 1. The highest BCUT2D eigenvalue weighted by molar-refractivity contribution is 9.10. The summed E-state index contributed by atoms with van der Waals surface area (Å²) >= 11 is 3.24. The predicted octanol–water partition coefficient (Wildman–Crippen LogP) is 0.418. The average molecular weight is 232 g/mol. The summed E-state index contributed by atoms with van der Waals surface area (Å²) in [6, 6.07) is 1.29. The quantitative estimate of drug-likeness (QED) is 0.689. The van der Waals surface area contributed by atoms with Crippen LogP contribution in [0.15, 0.2) is 16.7 Å². The number of rotatable bonds is 2. The van der Waals surface area contributed by atoms with Gasteiger partial charge in [0.15, 0.2) is 0 Å². The Kier molecular flexibility index (Phi) is 3.02. The highest BCUT2D eigenvalue weighted by atomic mass is 79.9. The smallest absolute Gasteiger partial charge is 0.128 e. The zero-order chi connectivity index (χ0) is 9.14. The highest BCUT2D eigenvalue weighted by Crippen LogP contribution is 2.20. The minimum atomic E-state index is -0.463. The molecular weight excluding hydrogens is 222 g/mol. The fourth-order valence-corrected chi connectivity index (χ4v) is 1.21. The van der Waals surface area contributed by atoms with E-state index in [-0.39, 0.29) is 6.61 Å². The molecule has 1 aromatic rings. The maximum absolute atomic E-state index is 8.78. The molecule has 1 heterocycles. The van der Waals surface area contributed by atoms with Crippen LogP contribution in [0.3, 0.4) is 0 Å². The minimum Gasteiger partial charge on any atom is -0.394 e. The van der Waals surface area contributed by atoms with Gasteiger partial charge in [0.2, 0.25) is 0 Å². The van der Waals surface area contributed by atoms with Crippen LogP contribution in [-0.2, 0) is 0 Å². The van der Waals surface area contributed by atoms with Gasteiger partial charge in [-0.05, 0) is 22.0 Å². The van der Waals surface area contributed by atoms with Crippen LogP contribution >= 0.6 is 15.9 Å². The van der Waals surface area contributed by atoms with E-state index in [9.17, 15) is 0 Å². The standard InChI is InChI=1S/C7H10BrN3O/c8-4-1-5(6(9)3-12)7(10)11-2-4/h1-2,6,12H,3,9H2,(H2,10,11). The van der Waals surface area contributed by atoms with Crippen LogP contribution < -0.4 is 11.5 Å². The molecular formula is C7H10BrN3O. The average Bonchev–Trinajstić information content (AvgIpc) is 2.08. The van der Waals surface area contributed by atoms with Gasteiger partial charge in [0.25, 0.3) is 0 Å². The predicted molar refractivity (Wildman–Crippen MR) is 50.4 cm³/mol. The van der Waals surface area contributed by atoms with Crippen LogP contribution in [0.1, 0.15) is 11.6 Å². The molecule has 0 radical (unpaired) electrons. The number of aliphatic hydroxyl groups excluding tert-OH is 1. The number of hydrogen-bond acceptors (Lipinski definition) is 4. The van der Waals surface area contributed by atoms with Crippen molar-refractivity contribution < 1.29 is 5.11 Å². The normalized spacial score (nSPS) is 12.9. The van der Waals surface area contributed by atoms with E-state index in [1.54, 1.807) is 12.3 Å². The molecule has 1 aromatic heterocycles. The number of nitrogens with two attached hydrogens (primary N) is 2. The number of pyridine rings is 1. The summed E-state index contributed by atoms with van der Waals surface area (Å²) in [7, 11) is 0. The van der Waals surface area contributed by atoms with E-state index in [0.29, 0.717) is 11.4 Å². The third kappa shape index (κ3) is 1.94. The summed E-state index contributed by atoms with van der Waals surface area (Å²) in [6.07, 6.45) is 1.59. The van der Waals surface area contributed by atoms with Gasteiger partial charge in [-0.15, -0.1) is 0 Å². The van der Waals surface area contributed by atoms with Crippen molar-refractivity contribution in [2.75, 3.05) is 12.3 Å². The van der Waals surface area contributed by atoms with Gasteiger partial charge in [-0.3, -0.25) is 0 Å². The molecule has 0 aliphatic carbocycles. The SMILES string of the molecule is Nc1ncc(Br)cc1C(N)CO. The molecule has 1 unspecified atom stereocenters. The van der Waals surface area contributed by atoms with Gasteiger partial charge in [0.1, 0.15) is 5.82 Å². The minimum absolute atomic E-state index is 0.137. The number of nitrogen functional groups attached to an aromatic ring is 1. The molecule has 0 saturated heterocycles. The zero-order valence-electron chi connectivity index (χ0n) is 6.37. The Labute approximate surface area is 78.7 Å². The van der Waals surface area contributed by atoms with E-state index in [1.165, 1.54) is 0 Å². The second kappa shape index (κ2) is 3.84. The van der Waals surface area contributed by atoms with Crippen LogP contribution in [0.5, 0.6) is 0 Å². The van der Waals surface area contributed by atoms with Crippen molar-refractivity contribution in [1.29, 1.82) is 0 Å². The molecule has 0 aromatic carbocycles. The number of anilines is 1. The topological polar surface area (TPSA) is 85.2 Å². The van der Waals surface area contributed by atoms with E-state index < -0.39 is 6.04 Å². The van der Waals surface area contributed by atoms with E-state index in [2.05, 4.69) is 20.9 Å². The van der Waals surface area contributed by atoms with Crippen molar-refractivity contribution in [2.24, 2.45) is 5.73 Å². The number of aliphatic hydroxyl groups is 1. The fraction of sp³-hybridized carbons (Fsp3) is 0.286. The van der Waals surface area contributed by atoms with Gasteiger partial charge in [0, 0.05) is 16.2 Å². The first-order chi connectivity index (χ1) is 5.65. The summed E-state index contributed by atoms with van der Waals surface area (Å²) in [6.45, 7) is -0.137. The molecule has 0 fully saturated rings. The third-order valence-electron chi connectivity index (χ3n) is 1.51. The number of aromatic nitrogens is 1. The molecule has 5 N–H and O–H groups in total. The van der Waals surface area contributed by atoms with Crippen LogP contribution in [-0.4, -0.2) is 16.7 Å². The maximum atomic E-state index is 8.78. The van der Waals surface area contributed by atoms with Gasteiger partial charge < -0.3 is 16.6 Å². The summed E-state index contributed by atoms with van der Waals surface area (Å²) < 4.78 is 0.801. The fourth-order valence-electron chi connectivity index (χ4n) is 0.861. The first kappa shape index (κ1) is 9.44. The molecule has 0 aliphatic rings. The van der Waals surface area contributed by atoms with Gasteiger partial charge in [-0.1, -0.05) is 0 Å². The molecule has 1 atom stereocenters. The van der Waals surface area contributed by atoms with Crippen molar-refractivity contribution >= 4 is 21.7 Å². The molecule has 5 heteroatoms. The lowest BCUT2D eigenvalue weighted by Gasteiger charge is -2.10. The first-order valence-electron chi connectivity index (χ1n) is 3.42. The molecule has 0 amide bonds. The molecule has 4 nitrogen and oxygen atoms in total. The van der Waals surface area contributed by atoms with E-state index in [4.69, 9.17) is 16.6 Å². The van der Waals surface area contributed by atoms with E-state index >= 15 is 0 Å². The first-order valence-corrected chi connectivity index (χ1v) is 4.21. The molecule has 0 saturated carbocycles. The third-order valence-corrected chi connectivity index (χ3v) is 1.95. The second-order valence-corrected chi connectivity index (χ2v) is 3.33. The number of halogens is 1. The van der Waals surface area contributed by atoms with Crippen LogP contribution in [0.4, 0.5) is 5.82 Å². The van der Waals surface area contributed by atoms with Gasteiger partial charge in [-0.25, -0.2) is 4.98 Å². The highest BCUT2D eigenvalue weighted by Gasteiger charge is 2.09. The van der Waals surface area contributed by atoms with Crippen molar-refractivity contribution in [1.82, 2.24) is 4.98 Å². The maximum Gasteiger partial charge on any atom is 0.128 e. The molecule has 12 heavy (non-hydrogen) atoms. The van der Waals surface area contributed by atoms with E-state index in [1.807, 2.05) is 0 Å². The molecule has 66 valence electrons. The van der Waals surface area contributed by atoms with Crippen molar-refractivity contribution in [3.8, 4) is 0 Å². The van der Waals surface area contributed by atoms with Crippen LogP contribution in [0, 0.1) is 0 Å². The van der Waals surface area contributed by atoms with Crippen molar-refractivity contribution in [3.05, 3.63) is 22.3 Å². The zero-order valence-corrected chi connectivity index (χ0v) is 7.95. The summed E-state index contributed by atoms with van der Waals surface area (Å²) in [5.74, 6) is 0.361. The molecule has 0 spiro atoms. The Balaban J connectivity index is 3.04. The Morgan fingerprint density at radius 1 is 1.67 bits per heavy atom. The largest absolute Gasteiger partial charge is 0.394 e. The molecule has 0 aliphatic heterocycles. The number of hydrogen-bond donors (Lipinski definition) is 3. The summed E-state index contributed by atoms with van der Waals surface area (Å²) in [5, 5.41) is 8.78. The monoisotopic (exact) mass is 231 g/mol. The van der Waals surface area contributed by atoms with Gasteiger partial charge in [-0.2, -0.15) is 0 Å². The van der Waals surface area contributed by atoms with Crippen molar-refractivity contribution in [3.63, 3.8) is 0 Å². The van der Waals surface area contributed by atoms with E-state index in [0.717, 1.165) is 4.47 Å².